The van der Waals surface area contributed by atoms with Crippen LogP contribution in [0.2, 0.25) is 0 Å². The second kappa shape index (κ2) is 6.00. The maximum atomic E-state index is 12.6. The Labute approximate surface area is 141 Å². The van der Waals surface area contributed by atoms with Crippen LogP contribution >= 0.6 is 0 Å². The third kappa shape index (κ3) is 3.11. The fourth-order valence-electron chi connectivity index (χ4n) is 2.75. The van der Waals surface area contributed by atoms with E-state index in [1.54, 1.807) is 23.2 Å². The van der Waals surface area contributed by atoms with Crippen LogP contribution in [-0.4, -0.2) is 28.3 Å². The molecule has 1 fully saturated rings. The van der Waals surface area contributed by atoms with E-state index in [2.05, 4.69) is 37.3 Å². The Morgan fingerprint density at radius 2 is 2.00 bits per heavy atom. The number of hydrogen-bond donors (Lipinski definition) is 1. The van der Waals surface area contributed by atoms with Gasteiger partial charge in [-0.2, -0.15) is 10.4 Å². The molecule has 2 heterocycles. The lowest BCUT2D eigenvalue weighted by Gasteiger charge is -2.19. The minimum atomic E-state index is -0.252. The van der Waals surface area contributed by atoms with Gasteiger partial charge in [-0.15, -0.1) is 0 Å². The van der Waals surface area contributed by atoms with Crippen LogP contribution in [0.15, 0.2) is 36.7 Å². The molecular weight excluding hydrogens is 302 g/mol. The number of nitriles is 1. The van der Waals surface area contributed by atoms with Crippen LogP contribution in [0.4, 0.5) is 11.4 Å². The van der Waals surface area contributed by atoms with Gasteiger partial charge >= 0.3 is 0 Å². The van der Waals surface area contributed by atoms with Crippen LogP contribution in [0.25, 0.3) is 0 Å². The van der Waals surface area contributed by atoms with E-state index in [1.165, 1.54) is 0 Å². The summed E-state index contributed by atoms with van der Waals surface area (Å²) in [7, 11) is 0. The average Bonchev–Trinajstić information content (AvgIpc) is 3.16. The number of amides is 1. The summed E-state index contributed by atoms with van der Waals surface area (Å²) in [5, 5.41) is 16.5. The van der Waals surface area contributed by atoms with Crippen molar-refractivity contribution in [3.8, 4) is 6.07 Å². The molecule has 0 saturated carbocycles. The van der Waals surface area contributed by atoms with Crippen molar-refractivity contribution in [3.05, 3.63) is 42.2 Å². The summed E-state index contributed by atoms with van der Waals surface area (Å²) in [6.45, 7) is 6.90. The van der Waals surface area contributed by atoms with Gasteiger partial charge in [0.15, 0.2) is 0 Å². The number of aromatic nitrogens is 2. The maximum absolute atomic E-state index is 12.6. The maximum Gasteiger partial charge on any atom is 0.249 e. The van der Waals surface area contributed by atoms with Gasteiger partial charge in [0.25, 0.3) is 0 Å². The Morgan fingerprint density at radius 3 is 2.58 bits per heavy atom. The highest BCUT2D eigenvalue weighted by molar-refractivity contribution is 6.01. The van der Waals surface area contributed by atoms with Crippen molar-refractivity contribution in [1.29, 1.82) is 5.26 Å². The smallest absolute Gasteiger partial charge is 0.249 e. The van der Waals surface area contributed by atoms with Crippen molar-refractivity contribution >= 4 is 17.3 Å². The number of benzene rings is 1. The lowest BCUT2D eigenvalue weighted by Crippen LogP contribution is -2.33. The summed E-state index contributed by atoms with van der Waals surface area (Å²) >= 11 is 0. The molecule has 2 aromatic rings. The predicted octanol–water partition coefficient (Wildman–Crippen LogP) is 2.73. The Balaban J connectivity index is 1.70. The van der Waals surface area contributed by atoms with Crippen LogP contribution in [0.1, 0.15) is 32.8 Å². The summed E-state index contributed by atoms with van der Waals surface area (Å²) in [6.07, 6.45) is 4.42. The largest absolute Gasteiger partial charge is 0.371 e. The van der Waals surface area contributed by atoms with E-state index in [0.717, 1.165) is 17.8 Å². The molecule has 1 unspecified atom stereocenters. The van der Waals surface area contributed by atoms with Crippen molar-refractivity contribution in [1.82, 2.24) is 9.78 Å². The topological polar surface area (TPSA) is 74.0 Å². The van der Waals surface area contributed by atoms with E-state index in [9.17, 15) is 4.79 Å². The first-order valence-corrected chi connectivity index (χ1v) is 8.02. The minimum Gasteiger partial charge on any atom is -0.371 e. The predicted molar refractivity (Wildman–Crippen MR) is 92.8 cm³/mol. The molecule has 1 aromatic carbocycles. The molecule has 1 aliphatic heterocycles. The molecule has 6 heteroatoms. The lowest BCUT2D eigenvalue weighted by molar-refractivity contribution is -0.117. The van der Waals surface area contributed by atoms with Gasteiger partial charge in [-0.05, 0) is 51.5 Å². The Hall–Kier alpha value is -2.81. The molecule has 124 valence electrons. The zero-order valence-electron chi connectivity index (χ0n) is 14.2. The summed E-state index contributed by atoms with van der Waals surface area (Å²) < 4.78 is 1.88. The molecule has 0 bridgehead atoms. The van der Waals surface area contributed by atoms with Crippen molar-refractivity contribution < 1.29 is 4.79 Å². The molecule has 1 amide bonds. The SMILES string of the molecule is CC(C)(C)n1cc(NC2CCN(c3ccc(C#N)cc3)C2=O)cn1. The fraction of sp³-hybridized carbons (Fsp3) is 0.389. The van der Waals surface area contributed by atoms with Gasteiger partial charge in [0.2, 0.25) is 5.91 Å². The van der Waals surface area contributed by atoms with Crippen molar-refractivity contribution in [2.24, 2.45) is 0 Å². The van der Waals surface area contributed by atoms with Crippen molar-refractivity contribution in [3.63, 3.8) is 0 Å². The number of carbonyl (C=O) groups excluding carboxylic acids is 1. The standard InChI is InChI=1S/C18H21N5O/c1-18(2,3)23-12-14(11-20-23)21-16-8-9-22(17(16)24)15-6-4-13(10-19)5-7-15/h4-7,11-12,16,21H,8-9H2,1-3H3. The molecule has 24 heavy (non-hydrogen) atoms. The molecule has 1 saturated heterocycles. The quantitative estimate of drug-likeness (QED) is 0.942. The van der Waals surface area contributed by atoms with Crippen LogP contribution < -0.4 is 10.2 Å². The minimum absolute atomic E-state index is 0.0446. The second-order valence-corrected chi connectivity index (χ2v) is 6.98. The molecule has 0 spiro atoms. The normalized spacial score (nSPS) is 17.8. The van der Waals surface area contributed by atoms with Gasteiger partial charge in [0, 0.05) is 18.4 Å². The third-order valence-electron chi connectivity index (χ3n) is 4.12. The van der Waals surface area contributed by atoms with Gasteiger partial charge in [-0.1, -0.05) is 0 Å². The number of carbonyl (C=O) groups is 1. The zero-order valence-corrected chi connectivity index (χ0v) is 14.2. The summed E-state index contributed by atoms with van der Waals surface area (Å²) in [5.74, 6) is 0.0446. The number of nitrogens with one attached hydrogen (secondary N) is 1. The fourth-order valence-corrected chi connectivity index (χ4v) is 2.75. The van der Waals surface area contributed by atoms with Gasteiger partial charge < -0.3 is 10.2 Å². The number of nitrogens with zero attached hydrogens (tertiary/aromatic N) is 4. The van der Waals surface area contributed by atoms with E-state index < -0.39 is 0 Å². The van der Waals surface area contributed by atoms with Gasteiger partial charge in [0.05, 0.1) is 29.1 Å². The molecule has 6 nitrogen and oxygen atoms in total. The summed E-state index contributed by atoms with van der Waals surface area (Å²) in [4.78, 5) is 14.4. The highest BCUT2D eigenvalue weighted by Gasteiger charge is 2.32. The second-order valence-electron chi connectivity index (χ2n) is 6.98. The highest BCUT2D eigenvalue weighted by Crippen LogP contribution is 2.24. The molecule has 1 atom stereocenters. The van der Waals surface area contributed by atoms with Gasteiger partial charge in [-0.3, -0.25) is 9.48 Å². The van der Waals surface area contributed by atoms with Crippen LogP contribution in [0, 0.1) is 11.3 Å². The van der Waals surface area contributed by atoms with Crippen molar-refractivity contribution in [2.45, 2.75) is 38.8 Å². The van der Waals surface area contributed by atoms with E-state index in [1.807, 2.05) is 23.0 Å². The van der Waals surface area contributed by atoms with Gasteiger partial charge in [0.1, 0.15) is 6.04 Å². The van der Waals surface area contributed by atoms with Crippen LogP contribution in [-0.2, 0) is 10.3 Å². The molecule has 1 aliphatic rings. The molecule has 3 rings (SSSR count). The van der Waals surface area contributed by atoms with E-state index in [4.69, 9.17) is 5.26 Å². The first-order chi connectivity index (χ1) is 11.4. The van der Waals surface area contributed by atoms with Crippen molar-refractivity contribution in [2.75, 3.05) is 16.8 Å². The van der Waals surface area contributed by atoms with E-state index in [-0.39, 0.29) is 17.5 Å². The van der Waals surface area contributed by atoms with Crippen LogP contribution in [0.5, 0.6) is 0 Å². The Kier molecular flexibility index (Phi) is 4.02. The average molecular weight is 323 g/mol. The number of rotatable bonds is 3. The van der Waals surface area contributed by atoms with E-state index >= 15 is 0 Å². The third-order valence-corrected chi connectivity index (χ3v) is 4.12. The molecular formula is C18H21N5O. The van der Waals surface area contributed by atoms with E-state index in [0.29, 0.717) is 12.1 Å². The lowest BCUT2D eigenvalue weighted by atomic mass is 10.1. The number of anilines is 2. The first kappa shape index (κ1) is 16.1. The number of hydrogen-bond acceptors (Lipinski definition) is 4. The summed E-state index contributed by atoms with van der Waals surface area (Å²) in [5.41, 5.74) is 2.18. The Morgan fingerprint density at radius 1 is 1.29 bits per heavy atom. The zero-order chi connectivity index (χ0) is 17.3. The highest BCUT2D eigenvalue weighted by atomic mass is 16.2. The molecule has 0 aliphatic carbocycles. The van der Waals surface area contributed by atoms with Gasteiger partial charge in [-0.25, -0.2) is 0 Å². The first-order valence-electron chi connectivity index (χ1n) is 8.02. The monoisotopic (exact) mass is 323 g/mol. The Bertz CT molecular complexity index is 779. The molecule has 0 radical (unpaired) electrons. The molecule has 1 N–H and O–H groups in total. The summed E-state index contributed by atoms with van der Waals surface area (Å²) in [6, 6.07) is 8.93. The van der Waals surface area contributed by atoms with Crippen LogP contribution in [0.3, 0.4) is 0 Å². The molecule has 1 aromatic heterocycles.